The fraction of sp³-hybridized carbons (Fsp3) is 0.615. The monoisotopic (exact) mass is 300 g/mol. The molecule has 0 spiro atoms. The van der Waals surface area contributed by atoms with Gasteiger partial charge in [0.1, 0.15) is 0 Å². The van der Waals surface area contributed by atoms with Crippen LogP contribution in [0.2, 0.25) is 0 Å². The maximum atomic E-state index is 11.4. The summed E-state index contributed by atoms with van der Waals surface area (Å²) in [7, 11) is 0. The number of carbonyl (C=O) groups excluding carboxylic acids is 1. The highest BCUT2D eigenvalue weighted by atomic mass is 32.2. The molecule has 0 saturated carbocycles. The lowest BCUT2D eigenvalue weighted by Gasteiger charge is -2.09. The third kappa shape index (κ3) is 6.21. The van der Waals surface area contributed by atoms with Gasteiger partial charge in [0.05, 0.1) is 19.1 Å². The molecule has 1 unspecified atom stereocenters. The molecule has 1 heterocycles. The Kier molecular flexibility index (Phi) is 7.32. The first-order valence-corrected chi connectivity index (χ1v) is 7.60. The van der Waals surface area contributed by atoms with E-state index in [0.29, 0.717) is 11.8 Å². The van der Waals surface area contributed by atoms with Crippen LogP contribution in [0.5, 0.6) is 0 Å². The molecule has 2 N–H and O–H groups in total. The van der Waals surface area contributed by atoms with Crippen LogP contribution in [0, 0.1) is 0 Å². The van der Waals surface area contributed by atoms with E-state index in [4.69, 9.17) is 4.74 Å². The third-order valence-corrected chi connectivity index (χ3v) is 3.42. The van der Waals surface area contributed by atoms with Crippen LogP contribution in [0.1, 0.15) is 32.4 Å². The van der Waals surface area contributed by atoms with E-state index in [1.807, 2.05) is 6.92 Å². The quantitative estimate of drug-likeness (QED) is 0.425. The highest BCUT2D eigenvalue weighted by Crippen LogP contribution is 2.14. The van der Waals surface area contributed by atoms with Crippen molar-refractivity contribution in [2.24, 2.45) is 0 Å². The van der Waals surface area contributed by atoms with E-state index in [2.05, 4.69) is 9.97 Å². The maximum absolute atomic E-state index is 11.4. The Morgan fingerprint density at radius 3 is 2.95 bits per heavy atom. The first-order valence-electron chi connectivity index (χ1n) is 6.61. The molecular formula is C13H20N2O4S. The van der Waals surface area contributed by atoms with Gasteiger partial charge in [-0.3, -0.25) is 9.59 Å². The molecule has 0 bridgehead atoms. The standard InChI is InChI=1S/C13H20N2O4S/c1-3-5-9-6-11(17)15-13(14-9)20-8-10(16)7-12(18)19-4-2/h6,10,16H,3-5,7-8H2,1-2H3,(H,14,15,17). The molecule has 1 rings (SSSR count). The van der Waals surface area contributed by atoms with Gasteiger partial charge in [0.2, 0.25) is 0 Å². The van der Waals surface area contributed by atoms with Crippen molar-refractivity contribution in [3.63, 3.8) is 0 Å². The summed E-state index contributed by atoms with van der Waals surface area (Å²) in [6.45, 7) is 4.03. The van der Waals surface area contributed by atoms with Gasteiger partial charge in [0, 0.05) is 17.5 Å². The van der Waals surface area contributed by atoms with Crippen molar-refractivity contribution in [2.75, 3.05) is 12.4 Å². The first-order chi connectivity index (χ1) is 9.55. The summed E-state index contributed by atoms with van der Waals surface area (Å²) in [6, 6.07) is 1.47. The summed E-state index contributed by atoms with van der Waals surface area (Å²) >= 11 is 1.22. The van der Waals surface area contributed by atoms with Crippen molar-refractivity contribution in [1.29, 1.82) is 0 Å². The molecule has 0 aliphatic carbocycles. The van der Waals surface area contributed by atoms with Gasteiger partial charge in [0.15, 0.2) is 5.16 Å². The van der Waals surface area contributed by atoms with Crippen LogP contribution in [0.4, 0.5) is 0 Å². The molecule has 0 fully saturated rings. The number of H-pyrrole nitrogens is 1. The SMILES string of the molecule is CCCc1cc(=O)[nH]c(SCC(O)CC(=O)OCC)n1. The number of aliphatic hydroxyl groups is 1. The van der Waals surface area contributed by atoms with Crippen molar-refractivity contribution >= 4 is 17.7 Å². The predicted molar refractivity (Wildman–Crippen MR) is 76.8 cm³/mol. The Hall–Kier alpha value is -1.34. The van der Waals surface area contributed by atoms with Crippen molar-refractivity contribution in [1.82, 2.24) is 9.97 Å². The molecule has 112 valence electrons. The smallest absolute Gasteiger partial charge is 0.308 e. The molecule has 0 saturated heterocycles. The number of aliphatic hydroxyl groups excluding tert-OH is 1. The van der Waals surface area contributed by atoms with E-state index < -0.39 is 12.1 Å². The largest absolute Gasteiger partial charge is 0.466 e. The summed E-state index contributed by atoms with van der Waals surface area (Å²) in [5.74, 6) is -0.154. The number of hydrogen-bond acceptors (Lipinski definition) is 6. The van der Waals surface area contributed by atoms with Crippen LogP contribution in [0.3, 0.4) is 0 Å². The fourth-order valence-corrected chi connectivity index (χ4v) is 2.41. The number of esters is 1. The average Bonchev–Trinajstić information content (AvgIpc) is 2.36. The number of rotatable bonds is 8. The lowest BCUT2D eigenvalue weighted by atomic mass is 10.2. The zero-order valence-electron chi connectivity index (χ0n) is 11.7. The number of hydrogen-bond donors (Lipinski definition) is 2. The van der Waals surface area contributed by atoms with Gasteiger partial charge in [-0.15, -0.1) is 0 Å². The number of thioether (sulfide) groups is 1. The van der Waals surface area contributed by atoms with Crippen LogP contribution >= 0.6 is 11.8 Å². The minimum atomic E-state index is -0.820. The highest BCUT2D eigenvalue weighted by molar-refractivity contribution is 7.99. The Morgan fingerprint density at radius 1 is 1.55 bits per heavy atom. The minimum absolute atomic E-state index is 0.0558. The van der Waals surface area contributed by atoms with Crippen molar-refractivity contribution in [2.45, 2.75) is 44.4 Å². The van der Waals surface area contributed by atoms with Gasteiger partial charge in [-0.05, 0) is 13.3 Å². The van der Waals surface area contributed by atoms with Crippen LogP contribution in [0.25, 0.3) is 0 Å². The summed E-state index contributed by atoms with van der Waals surface area (Å²) in [4.78, 5) is 29.5. The van der Waals surface area contributed by atoms with E-state index in [1.165, 1.54) is 17.8 Å². The Bertz CT molecular complexity index is 490. The second-order valence-corrected chi connectivity index (χ2v) is 5.27. The van der Waals surface area contributed by atoms with E-state index in [0.717, 1.165) is 18.5 Å². The summed E-state index contributed by atoms with van der Waals surface area (Å²) in [6.07, 6.45) is 0.772. The summed E-state index contributed by atoms with van der Waals surface area (Å²) in [5.41, 5.74) is 0.532. The predicted octanol–water partition coefficient (Wildman–Crippen LogP) is 1.13. The molecule has 0 aliphatic rings. The minimum Gasteiger partial charge on any atom is -0.466 e. The molecule has 1 aromatic heterocycles. The van der Waals surface area contributed by atoms with Gasteiger partial charge >= 0.3 is 5.97 Å². The van der Waals surface area contributed by atoms with E-state index in [1.54, 1.807) is 6.92 Å². The molecular weight excluding hydrogens is 280 g/mol. The second-order valence-electron chi connectivity index (χ2n) is 4.27. The lowest BCUT2D eigenvalue weighted by Crippen LogP contribution is -2.18. The van der Waals surface area contributed by atoms with Crippen molar-refractivity contribution in [3.8, 4) is 0 Å². The number of ether oxygens (including phenoxy) is 1. The van der Waals surface area contributed by atoms with Crippen LogP contribution in [-0.2, 0) is 16.0 Å². The Labute approximate surface area is 122 Å². The second kappa shape index (κ2) is 8.76. The zero-order chi connectivity index (χ0) is 15.0. The molecule has 0 amide bonds. The Balaban J connectivity index is 2.52. The van der Waals surface area contributed by atoms with E-state index >= 15 is 0 Å². The molecule has 1 atom stereocenters. The zero-order valence-corrected chi connectivity index (χ0v) is 12.5. The average molecular weight is 300 g/mol. The van der Waals surface area contributed by atoms with Crippen LogP contribution in [0.15, 0.2) is 16.0 Å². The van der Waals surface area contributed by atoms with Gasteiger partial charge in [0.25, 0.3) is 5.56 Å². The van der Waals surface area contributed by atoms with Crippen LogP contribution < -0.4 is 5.56 Å². The van der Waals surface area contributed by atoms with Gasteiger partial charge in [-0.1, -0.05) is 25.1 Å². The number of nitrogens with one attached hydrogen (secondary N) is 1. The lowest BCUT2D eigenvalue weighted by molar-refractivity contribution is -0.144. The molecule has 0 aromatic carbocycles. The number of nitrogens with zero attached hydrogens (tertiary/aromatic N) is 1. The summed E-state index contributed by atoms with van der Waals surface area (Å²) in [5, 5.41) is 10.2. The number of aromatic amines is 1. The summed E-state index contributed by atoms with van der Waals surface area (Å²) < 4.78 is 4.75. The fourth-order valence-electron chi connectivity index (χ4n) is 1.58. The molecule has 0 radical (unpaired) electrons. The number of carbonyl (C=O) groups is 1. The molecule has 1 aromatic rings. The van der Waals surface area contributed by atoms with Crippen molar-refractivity contribution in [3.05, 3.63) is 22.1 Å². The molecule has 6 nitrogen and oxygen atoms in total. The van der Waals surface area contributed by atoms with Gasteiger partial charge in [-0.25, -0.2) is 4.98 Å². The Morgan fingerprint density at radius 2 is 2.30 bits per heavy atom. The molecule has 20 heavy (non-hydrogen) atoms. The third-order valence-electron chi connectivity index (χ3n) is 2.40. The normalized spacial score (nSPS) is 12.2. The van der Waals surface area contributed by atoms with E-state index in [9.17, 15) is 14.7 Å². The highest BCUT2D eigenvalue weighted by Gasteiger charge is 2.13. The number of aryl methyl sites for hydroxylation is 1. The molecule has 0 aliphatic heterocycles. The van der Waals surface area contributed by atoms with Gasteiger partial charge in [-0.2, -0.15) is 0 Å². The first kappa shape index (κ1) is 16.7. The molecule has 7 heteroatoms. The topological polar surface area (TPSA) is 92.3 Å². The van der Waals surface area contributed by atoms with Crippen LogP contribution in [-0.4, -0.2) is 39.5 Å². The van der Waals surface area contributed by atoms with E-state index in [-0.39, 0.29) is 17.7 Å². The number of aromatic nitrogens is 2. The van der Waals surface area contributed by atoms with Crippen molar-refractivity contribution < 1.29 is 14.6 Å². The maximum Gasteiger partial charge on any atom is 0.308 e. The van der Waals surface area contributed by atoms with Gasteiger partial charge < -0.3 is 14.8 Å².